The van der Waals surface area contributed by atoms with Crippen LogP contribution >= 0.6 is 0 Å². The van der Waals surface area contributed by atoms with E-state index in [9.17, 15) is 14.4 Å². The average Bonchev–Trinajstić information content (AvgIpc) is 3.15. The first-order chi connectivity index (χ1) is 17.0. The molecule has 3 heterocycles. The zero-order valence-corrected chi connectivity index (χ0v) is 20.5. The van der Waals surface area contributed by atoms with Crippen LogP contribution in [-0.2, 0) is 22.6 Å². The number of morpholine rings is 1. The first-order valence-corrected chi connectivity index (χ1v) is 12.6. The zero-order valence-electron chi connectivity index (χ0n) is 20.5. The smallest absolute Gasteiger partial charge is 0.333 e. The molecule has 3 N–H and O–H groups in total. The number of nitrogens with zero attached hydrogens (tertiary/aromatic N) is 4. The molecular weight excluding hydrogens is 448 g/mol. The maximum Gasteiger partial charge on any atom is 0.333 e. The number of carbonyl (C=O) groups is 1. The molecule has 0 saturated carbocycles. The van der Waals surface area contributed by atoms with Crippen molar-refractivity contribution in [3.05, 3.63) is 45.1 Å². The third-order valence-electron chi connectivity index (χ3n) is 6.64. The number of rotatable bonds is 7. The number of carbonyl (C=O) groups excluding carboxylic acids is 1. The van der Waals surface area contributed by atoms with Gasteiger partial charge in [-0.25, -0.2) is 9.36 Å². The highest BCUT2D eigenvalue weighted by Crippen LogP contribution is 2.22. The van der Waals surface area contributed by atoms with Crippen molar-refractivity contribution in [3.63, 3.8) is 0 Å². The summed E-state index contributed by atoms with van der Waals surface area (Å²) in [5.74, 6) is -0.294. The fraction of sp³-hybridized carbons (Fsp3) is 0.560. The van der Waals surface area contributed by atoms with E-state index in [0.717, 1.165) is 23.3 Å². The number of nitrogens with two attached hydrogens (primary N) is 1. The van der Waals surface area contributed by atoms with Crippen LogP contribution in [0.3, 0.4) is 0 Å². The number of anilines is 4. The number of ether oxygens (including phenoxy) is 1. The third-order valence-corrected chi connectivity index (χ3v) is 6.64. The Kier molecular flexibility index (Phi) is 8.12. The highest BCUT2D eigenvalue weighted by molar-refractivity contribution is 5.90. The van der Waals surface area contributed by atoms with E-state index in [2.05, 4.69) is 10.2 Å². The molecule has 1 aromatic carbocycles. The number of hydrogen-bond acceptors (Lipinski definition) is 7. The molecule has 10 heteroatoms. The Labute approximate surface area is 205 Å². The molecule has 2 aliphatic rings. The Morgan fingerprint density at radius 1 is 0.943 bits per heavy atom. The minimum absolute atomic E-state index is 0.143. The van der Waals surface area contributed by atoms with Crippen LogP contribution in [0.4, 0.5) is 22.9 Å². The van der Waals surface area contributed by atoms with Gasteiger partial charge in [0, 0.05) is 44.1 Å². The quantitative estimate of drug-likeness (QED) is 0.616. The maximum atomic E-state index is 13.3. The van der Waals surface area contributed by atoms with Crippen molar-refractivity contribution in [2.75, 3.05) is 60.2 Å². The van der Waals surface area contributed by atoms with E-state index in [-0.39, 0.29) is 18.1 Å². The second-order valence-electron chi connectivity index (χ2n) is 9.16. The molecule has 10 nitrogen and oxygen atoms in total. The Morgan fingerprint density at radius 3 is 2.23 bits per heavy atom. The lowest BCUT2D eigenvalue weighted by molar-refractivity contribution is -0.116. The molecule has 190 valence electrons. The standard InChI is InChI=1S/C25H36N6O4/c1-2-11-30-23(26)22(29-14-16-35-17-15-29)24(33)31(25(30)34)18-21(32)27-19-7-9-20(10-8-19)28-12-5-3-4-6-13-28/h7-10H,2-6,11-18,26H2,1H3,(H,27,32). The molecule has 2 saturated heterocycles. The molecule has 4 rings (SSSR count). The van der Waals surface area contributed by atoms with Gasteiger partial charge in [-0.1, -0.05) is 19.8 Å². The Bertz CT molecular complexity index is 1130. The number of hydrogen-bond donors (Lipinski definition) is 2. The Balaban J connectivity index is 1.54. The van der Waals surface area contributed by atoms with Crippen LogP contribution in [0, 0.1) is 0 Å². The van der Waals surface area contributed by atoms with Crippen LogP contribution in [-0.4, -0.2) is 54.4 Å². The van der Waals surface area contributed by atoms with Crippen LogP contribution in [0.1, 0.15) is 39.0 Å². The number of nitrogen functional groups attached to an aromatic ring is 1. The van der Waals surface area contributed by atoms with Gasteiger partial charge in [0.2, 0.25) is 5.91 Å². The van der Waals surface area contributed by atoms with Crippen molar-refractivity contribution in [1.82, 2.24) is 9.13 Å². The fourth-order valence-electron chi connectivity index (χ4n) is 4.79. The predicted octanol–water partition coefficient (Wildman–Crippen LogP) is 1.86. The number of nitrogens with one attached hydrogen (secondary N) is 1. The van der Waals surface area contributed by atoms with E-state index in [4.69, 9.17) is 10.5 Å². The first kappa shape index (κ1) is 24.8. The third kappa shape index (κ3) is 5.70. The summed E-state index contributed by atoms with van der Waals surface area (Å²) in [6.45, 7) is 5.94. The van der Waals surface area contributed by atoms with E-state index in [1.807, 2.05) is 36.1 Å². The molecule has 0 unspecified atom stereocenters. The second kappa shape index (κ2) is 11.4. The van der Waals surface area contributed by atoms with Gasteiger partial charge < -0.3 is 25.6 Å². The van der Waals surface area contributed by atoms with Crippen LogP contribution in [0.25, 0.3) is 0 Å². The maximum absolute atomic E-state index is 13.3. The van der Waals surface area contributed by atoms with Gasteiger partial charge in [0.05, 0.1) is 13.2 Å². The lowest BCUT2D eigenvalue weighted by Gasteiger charge is -2.30. The number of benzene rings is 1. The Morgan fingerprint density at radius 2 is 1.60 bits per heavy atom. The average molecular weight is 485 g/mol. The largest absolute Gasteiger partial charge is 0.383 e. The van der Waals surface area contributed by atoms with Crippen LogP contribution in [0.2, 0.25) is 0 Å². The van der Waals surface area contributed by atoms with E-state index in [0.29, 0.717) is 45.0 Å². The molecule has 2 aromatic rings. The van der Waals surface area contributed by atoms with E-state index >= 15 is 0 Å². The van der Waals surface area contributed by atoms with Crippen molar-refractivity contribution in [2.24, 2.45) is 0 Å². The summed E-state index contributed by atoms with van der Waals surface area (Å²) in [6, 6.07) is 7.72. The Hall–Kier alpha value is -3.27. The summed E-state index contributed by atoms with van der Waals surface area (Å²) in [5.41, 5.74) is 7.18. The van der Waals surface area contributed by atoms with Crippen molar-refractivity contribution in [2.45, 2.75) is 52.1 Å². The monoisotopic (exact) mass is 484 g/mol. The predicted molar refractivity (Wildman–Crippen MR) is 138 cm³/mol. The molecule has 0 bridgehead atoms. The van der Waals surface area contributed by atoms with Gasteiger partial charge >= 0.3 is 5.69 Å². The van der Waals surface area contributed by atoms with Crippen LogP contribution in [0.15, 0.2) is 33.9 Å². The summed E-state index contributed by atoms with van der Waals surface area (Å²) in [6.07, 6.45) is 5.58. The number of amides is 1. The topological polar surface area (TPSA) is 115 Å². The van der Waals surface area contributed by atoms with Gasteiger partial charge in [-0.2, -0.15) is 0 Å². The van der Waals surface area contributed by atoms with Gasteiger partial charge in [-0.15, -0.1) is 0 Å². The van der Waals surface area contributed by atoms with E-state index in [1.165, 1.54) is 30.3 Å². The van der Waals surface area contributed by atoms with E-state index in [1.54, 1.807) is 0 Å². The minimum Gasteiger partial charge on any atom is -0.383 e. The lowest BCUT2D eigenvalue weighted by atomic mass is 10.2. The van der Waals surface area contributed by atoms with Crippen molar-refractivity contribution in [1.29, 1.82) is 0 Å². The van der Waals surface area contributed by atoms with Crippen LogP contribution in [0.5, 0.6) is 0 Å². The van der Waals surface area contributed by atoms with Gasteiger partial charge in [0.1, 0.15) is 18.1 Å². The molecule has 0 radical (unpaired) electrons. The molecule has 0 aliphatic carbocycles. The molecule has 0 spiro atoms. The number of aromatic nitrogens is 2. The second-order valence-corrected chi connectivity index (χ2v) is 9.16. The molecule has 2 fully saturated rings. The molecule has 0 atom stereocenters. The summed E-state index contributed by atoms with van der Waals surface area (Å²) in [4.78, 5) is 43.5. The summed E-state index contributed by atoms with van der Waals surface area (Å²) < 4.78 is 7.76. The summed E-state index contributed by atoms with van der Waals surface area (Å²) in [5, 5.41) is 2.82. The van der Waals surface area contributed by atoms with Crippen molar-refractivity contribution in [3.8, 4) is 0 Å². The highest BCUT2D eigenvalue weighted by atomic mass is 16.5. The summed E-state index contributed by atoms with van der Waals surface area (Å²) >= 11 is 0. The van der Waals surface area contributed by atoms with Crippen LogP contribution < -0.4 is 32.1 Å². The SMILES string of the molecule is CCCn1c(N)c(N2CCOCC2)c(=O)n(CC(=O)Nc2ccc(N3CCCCCC3)cc2)c1=O. The molecule has 1 amide bonds. The first-order valence-electron chi connectivity index (χ1n) is 12.6. The van der Waals surface area contributed by atoms with E-state index < -0.39 is 17.2 Å². The van der Waals surface area contributed by atoms with Crippen molar-refractivity contribution >= 4 is 28.8 Å². The molecule has 2 aliphatic heterocycles. The molecular formula is C25H36N6O4. The van der Waals surface area contributed by atoms with Gasteiger partial charge in [0.25, 0.3) is 5.56 Å². The fourth-order valence-corrected chi connectivity index (χ4v) is 4.79. The van der Waals surface area contributed by atoms with Gasteiger partial charge in [-0.05, 0) is 43.5 Å². The zero-order chi connectivity index (χ0) is 24.8. The molecule has 1 aromatic heterocycles. The normalized spacial score (nSPS) is 16.7. The molecule has 35 heavy (non-hydrogen) atoms. The minimum atomic E-state index is -0.571. The lowest BCUT2D eigenvalue weighted by Crippen LogP contribution is -2.48. The summed E-state index contributed by atoms with van der Waals surface area (Å²) in [7, 11) is 0. The highest BCUT2D eigenvalue weighted by Gasteiger charge is 2.24. The van der Waals surface area contributed by atoms with Crippen molar-refractivity contribution < 1.29 is 9.53 Å². The van der Waals surface area contributed by atoms with Gasteiger partial charge in [-0.3, -0.25) is 14.2 Å². The van der Waals surface area contributed by atoms with Gasteiger partial charge in [0.15, 0.2) is 0 Å².